The van der Waals surface area contributed by atoms with Gasteiger partial charge in [0.15, 0.2) is 0 Å². The van der Waals surface area contributed by atoms with E-state index in [0.717, 1.165) is 5.75 Å². The van der Waals surface area contributed by atoms with Gasteiger partial charge in [-0.1, -0.05) is 38.1 Å². The molecule has 19 heavy (non-hydrogen) atoms. The number of benzene rings is 2. The van der Waals surface area contributed by atoms with E-state index in [-0.39, 0.29) is 35.0 Å². The summed E-state index contributed by atoms with van der Waals surface area (Å²) in [5.74, 6) is 1.16. The normalized spacial score (nSPS) is 10.7. The first-order valence-corrected chi connectivity index (χ1v) is 5.98. The smallest absolute Gasteiger partial charge is 0.118 e. The van der Waals surface area contributed by atoms with Crippen molar-refractivity contribution in [1.29, 1.82) is 0 Å². The van der Waals surface area contributed by atoms with Gasteiger partial charge in [-0.25, -0.2) is 0 Å². The number of rotatable bonds is 3. The van der Waals surface area contributed by atoms with Gasteiger partial charge >= 0.3 is 0 Å². The number of hydrogen-bond donors (Lipinski definition) is 1. The topological polar surface area (TPSA) is 29.5 Å². The third-order valence-corrected chi connectivity index (χ3v) is 3.40. The van der Waals surface area contributed by atoms with Gasteiger partial charge in [-0.2, -0.15) is 0 Å². The van der Waals surface area contributed by atoms with Crippen molar-refractivity contribution in [2.45, 2.75) is 19.3 Å². The molecule has 0 unspecified atom stereocenters. The molecule has 0 amide bonds. The molecule has 0 spiro atoms. The second-order valence-electron chi connectivity index (χ2n) is 4.90. The Kier molecular flexibility index (Phi) is 5.48. The molecule has 2 aromatic carbocycles. The van der Waals surface area contributed by atoms with E-state index in [1.807, 2.05) is 24.3 Å². The molecule has 1 N–H and O–H groups in total. The van der Waals surface area contributed by atoms with Crippen molar-refractivity contribution in [3.8, 4) is 11.5 Å². The second kappa shape index (κ2) is 6.47. The van der Waals surface area contributed by atoms with Gasteiger partial charge in [0, 0.05) is 35.0 Å². The van der Waals surface area contributed by atoms with Crippen LogP contribution in [0.1, 0.15) is 25.0 Å². The molecule has 0 aliphatic carbocycles. The van der Waals surface area contributed by atoms with E-state index < -0.39 is 0 Å². The largest absolute Gasteiger partial charge is 0.508 e. The zero-order valence-corrected chi connectivity index (χ0v) is 14.0. The van der Waals surface area contributed by atoms with Gasteiger partial charge < -0.3 is 9.84 Å². The van der Waals surface area contributed by atoms with Gasteiger partial charge in [0.05, 0.1) is 7.11 Å². The summed E-state index contributed by atoms with van der Waals surface area (Å²) in [4.78, 5) is 0. The number of ether oxygens (including phenoxy) is 1. The molecule has 0 heterocycles. The Morgan fingerprint density at radius 2 is 1.26 bits per heavy atom. The van der Waals surface area contributed by atoms with Crippen LogP contribution in [-0.2, 0) is 5.41 Å². The molecule has 2 nitrogen and oxygen atoms in total. The fourth-order valence-corrected chi connectivity index (χ4v) is 2.05. The monoisotopic (exact) mass is 265 g/mol. The van der Waals surface area contributed by atoms with Crippen molar-refractivity contribution in [2.75, 3.05) is 7.11 Å². The molecule has 3 heteroatoms. The van der Waals surface area contributed by atoms with E-state index in [4.69, 9.17) is 4.74 Å². The zero-order valence-electron chi connectivity index (χ0n) is 12.0. The molecule has 2 rings (SSSR count). The van der Waals surface area contributed by atoms with Crippen molar-refractivity contribution in [3.63, 3.8) is 0 Å². The van der Waals surface area contributed by atoms with Crippen LogP contribution in [-0.4, -0.2) is 41.8 Å². The minimum Gasteiger partial charge on any atom is -0.508 e. The fraction of sp³-hybridized carbons (Fsp3) is 0.250. The van der Waals surface area contributed by atoms with Crippen LogP contribution >= 0.6 is 0 Å². The van der Waals surface area contributed by atoms with E-state index in [1.54, 1.807) is 19.2 Å². The molecule has 0 atom stereocenters. The maximum Gasteiger partial charge on any atom is 0.118 e. The van der Waals surface area contributed by atoms with E-state index in [2.05, 4.69) is 26.0 Å². The first-order valence-electron chi connectivity index (χ1n) is 5.98. The van der Waals surface area contributed by atoms with Crippen LogP contribution in [0.25, 0.3) is 0 Å². The third kappa shape index (κ3) is 3.53. The van der Waals surface area contributed by atoms with Gasteiger partial charge in [-0.05, 0) is 35.4 Å². The summed E-state index contributed by atoms with van der Waals surface area (Å²) in [6.45, 7) is 4.34. The van der Waals surface area contributed by atoms with Gasteiger partial charge in [0.25, 0.3) is 0 Å². The Morgan fingerprint density at radius 1 is 0.842 bits per heavy atom. The van der Waals surface area contributed by atoms with Crippen molar-refractivity contribution < 1.29 is 9.84 Å². The van der Waals surface area contributed by atoms with E-state index >= 15 is 0 Å². The first-order chi connectivity index (χ1) is 8.54. The van der Waals surface area contributed by atoms with E-state index in [9.17, 15) is 5.11 Å². The first kappa shape index (κ1) is 16.1. The average molecular weight is 265 g/mol. The summed E-state index contributed by atoms with van der Waals surface area (Å²) in [5, 5.41) is 9.34. The molecule has 0 aliphatic rings. The number of phenols is 1. The predicted octanol–water partition coefficient (Wildman–Crippen LogP) is 3.35. The van der Waals surface area contributed by atoms with E-state index in [1.165, 1.54) is 11.1 Å². The summed E-state index contributed by atoms with van der Waals surface area (Å²) in [6, 6.07) is 15.5. The van der Waals surface area contributed by atoms with Crippen molar-refractivity contribution in [3.05, 3.63) is 59.7 Å². The summed E-state index contributed by atoms with van der Waals surface area (Å²) in [5.41, 5.74) is 2.29. The van der Waals surface area contributed by atoms with Crippen molar-refractivity contribution in [2.24, 2.45) is 0 Å². The molecule has 0 fully saturated rings. The standard InChI is InChI=1S/C16H18O2.Na/c1-16(2,12-4-8-14(17)9-5-12)13-6-10-15(18-3)11-7-13;/h4-11,17H,1-3H3;. The number of methoxy groups -OCH3 is 1. The van der Waals surface area contributed by atoms with Gasteiger partial charge in [-0.3, -0.25) is 0 Å². The molecule has 0 aromatic heterocycles. The fourth-order valence-electron chi connectivity index (χ4n) is 2.05. The summed E-state index contributed by atoms with van der Waals surface area (Å²) in [6.07, 6.45) is 0. The van der Waals surface area contributed by atoms with Gasteiger partial charge in [0.2, 0.25) is 0 Å². The van der Waals surface area contributed by atoms with Crippen molar-refractivity contribution in [1.82, 2.24) is 0 Å². The summed E-state index contributed by atoms with van der Waals surface area (Å²) >= 11 is 0. The molecule has 2 aromatic rings. The predicted molar refractivity (Wildman–Crippen MR) is 79.0 cm³/mol. The molecule has 1 radical (unpaired) electrons. The minimum atomic E-state index is -0.0973. The van der Waals surface area contributed by atoms with Crippen LogP contribution in [0.15, 0.2) is 48.5 Å². The Hall–Kier alpha value is -0.960. The second-order valence-corrected chi connectivity index (χ2v) is 4.90. The Morgan fingerprint density at radius 3 is 1.68 bits per heavy atom. The molecule has 95 valence electrons. The number of hydrogen-bond acceptors (Lipinski definition) is 2. The Labute approximate surface area is 136 Å². The van der Waals surface area contributed by atoms with Crippen LogP contribution in [0.4, 0.5) is 0 Å². The van der Waals surface area contributed by atoms with E-state index in [0.29, 0.717) is 5.75 Å². The Balaban J connectivity index is 0.00000180. The summed E-state index contributed by atoms with van der Waals surface area (Å²) < 4.78 is 5.17. The maximum atomic E-state index is 9.34. The molecule has 0 saturated heterocycles. The molecule has 0 saturated carbocycles. The van der Waals surface area contributed by atoms with Gasteiger partial charge in [0.1, 0.15) is 11.5 Å². The SMILES string of the molecule is COc1ccc(C(C)(C)c2ccc(O)cc2)cc1.[Na]. The maximum absolute atomic E-state index is 9.34. The Bertz CT molecular complexity index is 515. The summed E-state index contributed by atoms with van der Waals surface area (Å²) in [7, 11) is 1.67. The minimum absolute atomic E-state index is 0. The molecular weight excluding hydrogens is 247 g/mol. The molecule has 0 aliphatic heterocycles. The molecular formula is C16H18NaO2. The average Bonchev–Trinajstić information content (AvgIpc) is 2.39. The van der Waals surface area contributed by atoms with Crippen LogP contribution in [0.3, 0.4) is 0 Å². The van der Waals surface area contributed by atoms with Gasteiger partial charge in [-0.15, -0.1) is 0 Å². The van der Waals surface area contributed by atoms with Crippen LogP contribution in [0, 0.1) is 0 Å². The quantitative estimate of drug-likeness (QED) is 0.862. The molecule has 0 bridgehead atoms. The number of aromatic hydroxyl groups is 1. The number of phenolic OH excluding ortho intramolecular Hbond substituents is 1. The zero-order chi connectivity index (χ0) is 13.2. The van der Waals surface area contributed by atoms with Crippen LogP contribution in [0.5, 0.6) is 11.5 Å². The van der Waals surface area contributed by atoms with Crippen LogP contribution < -0.4 is 4.74 Å². The van der Waals surface area contributed by atoms with Crippen LogP contribution in [0.2, 0.25) is 0 Å². The third-order valence-electron chi connectivity index (χ3n) is 3.40. The van der Waals surface area contributed by atoms with Crippen molar-refractivity contribution >= 4 is 29.6 Å².